The molecule has 1 atom stereocenters. The van der Waals surface area contributed by atoms with Crippen LogP contribution in [-0.4, -0.2) is 25.1 Å². The quantitative estimate of drug-likeness (QED) is 0.633. The van der Waals surface area contributed by atoms with E-state index >= 15 is 0 Å². The van der Waals surface area contributed by atoms with Gasteiger partial charge in [-0.2, -0.15) is 5.48 Å². The van der Waals surface area contributed by atoms with E-state index in [0.29, 0.717) is 0 Å². The minimum Gasteiger partial charge on any atom is -0.466 e. The van der Waals surface area contributed by atoms with Crippen molar-refractivity contribution < 1.29 is 19.1 Å². The Morgan fingerprint density at radius 3 is 2.79 bits per heavy atom. The molecule has 1 saturated heterocycles. The monoisotopic (exact) mass is 201 g/mol. The molecule has 1 heterocycles. The number of nitrogens with one attached hydrogen (secondary N) is 1. The van der Waals surface area contributed by atoms with Gasteiger partial charge in [0.2, 0.25) is 6.23 Å². The van der Waals surface area contributed by atoms with E-state index < -0.39 is 18.0 Å². The number of hydrogen-bond donors (Lipinski definition) is 1. The molecule has 1 saturated carbocycles. The topological polar surface area (TPSA) is 56.8 Å². The number of ether oxygens (including phenoxy) is 2. The summed E-state index contributed by atoms with van der Waals surface area (Å²) >= 11 is 0. The third-order valence-corrected chi connectivity index (χ3v) is 2.72. The molecule has 14 heavy (non-hydrogen) atoms. The summed E-state index contributed by atoms with van der Waals surface area (Å²) in [5.41, 5.74) is 2.57. The molecule has 0 aromatic carbocycles. The van der Waals surface area contributed by atoms with Crippen LogP contribution in [0.1, 0.15) is 32.1 Å². The summed E-state index contributed by atoms with van der Waals surface area (Å²) in [5, 5.41) is 0. The fourth-order valence-corrected chi connectivity index (χ4v) is 1.94. The average Bonchev–Trinajstić information content (AvgIpc) is 2.62. The van der Waals surface area contributed by atoms with Crippen molar-refractivity contribution in [2.45, 2.75) is 44.1 Å². The molecule has 1 aliphatic carbocycles. The summed E-state index contributed by atoms with van der Waals surface area (Å²) in [6.45, 7) is 0. The largest absolute Gasteiger partial charge is 0.466 e. The molecule has 0 aromatic rings. The molecule has 0 amide bonds. The molecular weight excluding hydrogens is 186 g/mol. The molecule has 1 spiro atoms. The average molecular weight is 201 g/mol. The van der Waals surface area contributed by atoms with Crippen molar-refractivity contribution in [2.75, 3.05) is 7.11 Å². The summed E-state index contributed by atoms with van der Waals surface area (Å²) in [5.74, 6) is -1.02. The van der Waals surface area contributed by atoms with Crippen LogP contribution >= 0.6 is 0 Å². The zero-order valence-electron chi connectivity index (χ0n) is 8.25. The summed E-state index contributed by atoms with van der Waals surface area (Å²) < 4.78 is 10.1. The summed E-state index contributed by atoms with van der Waals surface area (Å²) in [6, 6.07) is 0. The number of esters is 1. The molecule has 1 N–H and O–H groups in total. The first-order valence-electron chi connectivity index (χ1n) is 4.95. The Bertz CT molecular complexity index is 225. The van der Waals surface area contributed by atoms with Gasteiger partial charge in [-0.3, -0.25) is 4.84 Å². The first-order valence-corrected chi connectivity index (χ1v) is 4.95. The van der Waals surface area contributed by atoms with Crippen LogP contribution in [-0.2, 0) is 19.1 Å². The molecule has 1 unspecified atom stereocenters. The van der Waals surface area contributed by atoms with E-state index in [2.05, 4.69) is 10.2 Å². The molecule has 2 fully saturated rings. The number of methoxy groups -OCH3 is 1. The van der Waals surface area contributed by atoms with Crippen molar-refractivity contribution >= 4 is 5.97 Å². The summed E-state index contributed by atoms with van der Waals surface area (Å²) in [4.78, 5) is 16.5. The van der Waals surface area contributed by atoms with Crippen LogP contribution < -0.4 is 5.48 Å². The maximum absolute atomic E-state index is 11.2. The van der Waals surface area contributed by atoms with Gasteiger partial charge in [-0.15, -0.1) is 0 Å². The fourth-order valence-electron chi connectivity index (χ4n) is 1.94. The fraction of sp³-hybridized carbons (Fsp3) is 0.889. The molecule has 80 valence electrons. The van der Waals surface area contributed by atoms with Crippen molar-refractivity contribution in [3.8, 4) is 0 Å². The zero-order chi connectivity index (χ0) is 10.0. The van der Waals surface area contributed by atoms with Gasteiger partial charge in [-0.1, -0.05) is 6.42 Å². The lowest BCUT2D eigenvalue weighted by atomic mass is 9.94. The number of rotatable bonds is 1. The maximum atomic E-state index is 11.2. The Morgan fingerprint density at radius 1 is 1.43 bits per heavy atom. The third kappa shape index (κ3) is 1.75. The van der Waals surface area contributed by atoms with Gasteiger partial charge >= 0.3 is 5.97 Å². The maximum Gasteiger partial charge on any atom is 0.352 e. The second kappa shape index (κ2) is 3.84. The van der Waals surface area contributed by atoms with Gasteiger partial charge < -0.3 is 9.47 Å². The number of hydroxylamine groups is 1. The molecule has 5 heteroatoms. The van der Waals surface area contributed by atoms with Gasteiger partial charge in [0, 0.05) is 12.8 Å². The second-order valence-corrected chi connectivity index (χ2v) is 3.71. The minimum absolute atomic E-state index is 0.438. The van der Waals surface area contributed by atoms with E-state index in [1.54, 1.807) is 0 Å². The SMILES string of the molecule is COC(=O)C1NOC2(CCCCC2)O1. The van der Waals surface area contributed by atoms with Gasteiger partial charge in [0.05, 0.1) is 7.11 Å². The highest BCUT2D eigenvalue weighted by atomic mass is 16.9. The number of hydrogen-bond acceptors (Lipinski definition) is 5. The van der Waals surface area contributed by atoms with Gasteiger partial charge in [-0.25, -0.2) is 4.79 Å². The van der Waals surface area contributed by atoms with E-state index in [4.69, 9.17) is 9.57 Å². The van der Waals surface area contributed by atoms with Crippen LogP contribution in [0.3, 0.4) is 0 Å². The van der Waals surface area contributed by atoms with E-state index in [1.165, 1.54) is 13.5 Å². The van der Waals surface area contributed by atoms with Crippen LogP contribution in [0.4, 0.5) is 0 Å². The number of carbonyl (C=O) groups is 1. The second-order valence-electron chi connectivity index (χ2n) is 3.71. The van der Waals surface area contributed by atoms with Gasteiger partial charge in [0.1, 0.15) is 0 Å². The highest BCUT2D eigenvalue weighted by Crippen LogP contribution is 2.35. The molecule has 2 aliphatic rings. The number of carbonyl (C=O) groups excluding carboxylic acids is 1. The lowest BCUT2D eigenvalue weighted by Crippen LogP contribution is -2.35. The smallest absolute Gasteiger partial charge is 0.352 e. The third-order valence-electron chi connectivity index (χ3n) is 2.72. The van der Waals surface area contributed by atoms with Crippen molar-refractivity contribution in [1.29, 1.82) is 0 Å². The lowest BCUT2D eigenvalue weighted by Gasteiger charge is -2.29. The normalized spacial score (nSPS) is 30.5. The standard InChI is InChI=1S/C9H15NO4/c1-12-8(11)7-10-14-9(13-7)5-3-2-4-6-9/h7,10H,2-6H2,1H3. The van der Waals surface area contributed by atoms with Crippen LogP contribution in [0.5, 0.6) is 0 Å². The Labute approximate surface area is 82.7 Å². The van der Waals surface area contributed by atoms with Crippen LogP contribution in [0.25, 0.3) is 0 Å². The molecule has 0 radical (unpaired) electrons. The molecule has 0 aromatic heterocycles. The van der Waals surface area contributed by atoms with Gasteiger partial charge in [0.15, 0.2) is 5.79 Å². The minimum atomic E-state index is -0.766. The Morgan fingerprint density at radius 2 is 2.14 bits per heavy atom. The van der Waals surface area contributed by atoms with E-state index in [1.807, 2.05) is 0 Å². The van der Waals surface area contributed by atoms with Crippen LogP contribution in [0.2, 0.25) is 0 Å². The van der Waals surface area contributed by atoms with Crippen molar-refractivity contribution in [3.05, 3.63) is 0 Å². The highest BCUT2D eigenvalue weighted by Gasteiger charge is 2.45. The molecule has 0 bridgehead atoms. The van der Waals surface area contributed by atoms with E-state index in [0.717, 1.165) is 25.7 Å². The predicted octanol–water partition coefficient (Wildman–Crippen LogP) is 0.697. The Hall–Kier alpha value is -0.650. The molecule has 2 rings (SSSR count). The summed E-state index contributed by atoms with van der Waals surface area (Å²) in [7, 11) is 1.33. The van der Waals surface area contributed by atoms with E-state index in [-0.39, 0.29) is 0 Å². The highest BCUT2D eigenvalue weighted by molar-refractivity contribution is 5.74. The first-order chi connectivity index (χ1) is 6.76. The van der Waals surface area contributed by atoms with E-state index in [9.17, 15) is 4.79 Å². The molecule has 5 nitrogen and oxygen atoms in total. The van der Waals surface area contributed by atoms with Gasteiger partial charge in [0.25, 0.3) is 0 Å². The van der Waals surface area contributed by atoms with Crippen molar-refractivity contribution in [2.24, 2.45) is 0 Å². The molecule has 1 aliphatic heterocycles. The lowest BCUT2D eigenvalue weighted by molar-refractivity contribution is -0.201. The Kier molecular flexibility index (Phi) is 2.71. The first kappa shape index (κ1) is 9.89. The zero-order valence-corrected chi connectivity index (χ0v) is 8.25. The van der Waals surface area contributed by atoms with Gasteiger partial charge in [-0.05, 0) is 12.8 Å². The van der Waals surface area contributed by atoms with Crippen LogP contribution in [0, 0.1) is 0 Å². The predicted molar refractivity (Wildman–Crippen MR) is 46.9 cm³/mol. The van der Waals surface area contributed by atoms with Crippen molar-refractivity contribution in [1.82, 2.24) is 5.48 Å². The summed E-state index contributed by atoms with van der Waals surface area (Å²) in [6.07, 6.45) is 4.28. The Balaban J connectivity index is 1.95. The van der Waals surface area contributed by atoms with Crippen LogP contribution in [0.15, 0.2) is 0 Å². The van der Waals surface area contributed by atoms with Crippen molar-refractivity contribution in [3.63, 3.8) is 0 Å². The molecular formula is C9H15NO4.